The van der Waals surface area contributed by atoms with Crippen LogP contribution in [0.1, 0.15) is 5.69 Å². The molecule has 2 aromatic rings. The van der Waals surface area contributed by atoms with E-state index in [4.69, 9.17) is 5.73 Å². The van der Waals surface area contributed by atoms with Gasteiger partial charge in [-0.25, -0.2) is 4.68 Å². The number of hydrogen-bond donors (Lipinski definition) is 1. The molecule has 2 rings (SSSR count). The van der Waals surface area contributed by atoms with Crippen molar-refractivity contribution < 1.29 is 9.85 Å². The van der Waals surface area contributed by atoms with E-state index in [1.165, 1.54) is 23.0 Å². The number of hydrogen-bond acceptors (Lipinski definition) is 6. The topological polar surface area (TPSA) is 130 Å². The fourth-order valence-electron chi connectivity index (χ4n) is 1.54. The third-order valence-electron chi connectivity index (χ3n) is 2.43. The summed E-state index contributed by atoms with van der Waals surface area (Å²) in [5, 5.41) is 25.6. The smallest absolute Gasteiger partial charge is 0.278 e. The first kappa shape index (κ1) is 12.6. The van der Waals surface area contributed by atoms with Gasteiger partial charge in [0, 0.05) is 24.9 Å². The van der Waals surface area contributed by atoms with Crippen molar-refractivity contribution in [3.8, 4) is 5.69 Å². The zero-order valence-electron chi connectivity index (χ0n) is 9.59. The van der Waals surface area contributed by atoms with Gasteiger partial charge < -0.3 is 5.73 Å². The molecule has 0 fully saturated rings. The fourth-order valence-corrected chi connectivity index (χ4v) is 1.54. The molecule has 1 aromatic heterocycles. The quantitative estimate of drug-likeness (QED) is 0.650. The molecule has 1 aromatic carbocycles. The molecule has 9 heteroatoms. The summed E-state index contributed by atoms with van der Waals surface area (Å²) in [5.41, 5.74) is 5.49. The maximum atomic E-state index is 10.8. The number of aromatic nitrogens is 2. The number of nitro groups is 2. The number of nitrogens with two attached hydrogens (primary N) is 1. The second-order valence-electron chi connectivity index (χ2n) is 3.68. The van der Waals surface area contributed by atoms with Crippen LogP contribution in [-0.4, -0.2) is 19.6 Å². The van der Waals surface area contributed by atoms with E-state index >= 15 is 0 Å². The minimum absolute atomic E-state index is 0.212. The summed E-state index contributed by atoms with van der Waals surface area (Å²) in [6, 6.07) is 4.95. The molecule has 0 saturated carbocycles. The summed E-state index contributed by atoms with van der Waals surface area (Å²) in [7, 11) is 0. The Kier molecular flexibility index (Phi) is 3.21. The number of rotatable bonds is 4. The second-order valence-corrected chi connectivity index (χ2v) is 3.68. The van der Waals surface area contributed by atoms with Gasteiger partial charge in [-0.2, -0.15) is 5.10 Å². The highest BCUT2D eigenvalue weighted by molar-refractivity contribution is 5.52. The van der Waals surface area contributed by atoms with Gasteiger partial charge in [-0.1, -0.05) is 0 Å². The molecule has 0 aliphatic carbocycles. The van der Waals surface area contributed by atoms with E-state index in [-0.39, 0.29) is 23.6 Å². The predicted molar refractivity (Wildman–Crippen MR) is 64.8 cm³/mol. The van der Waals surface area contributed by atoms with E-state index in [1.807, 2.05) is 0 Å². The molecule has 19 heavy (non-hydrogen) atoms. The monoisotopic (exact) mass is 263 g/mol. The summed E-state index contributed by atoms with van der Waals surface area (Å²) in [6.07, 6.45) is 1.53. The lowest BCUT2D eigenvalue weighted by Gasteiger charge is -2.01. The van der Waals surface area contributed by atoms with Crippen LogP contribution in [0.2, 0.25) is 0 Å². The third-order valence-corrected chi connectivity index (χ3v) is 2.43. The van der Waals surface area contributed by atoms with Gasteiger partial charge in [0.1, 0.15) is 0 Å². The number of benzene rings is 1. The van der Waals surface area contributed by atoms with Crippen LogP contribution >= 0.6 is 0 Å². The summed E-state index contributed by atoms with van der Waals surface area (Å²) in [6.45, 7) is 0.212. The third kappa shape index (κ3) is 2.55. The largest absolute Gasteiger partial charge is 0.325 e. The number of nitrogens with zero attached hydrogens (tertiary/aromatic N) is 4. The molecule has 0 unspecified atom stereocenters. The Labute approximate surface area is 106 Å². The van der Waals surface area contributed by atoms with Gasteiger partial charge in [0.05, 0.1) is 27.3 Å². The molecule has 98 valence electrons. The second kappa shape index (κ2) is 4.82. The van der Waals surface area contributed by atoms with Crippen molar-refractivity contribution >= 4 is 11.4 Å². The Balaban J connectivity index is 2.55. The molecule has 0 aliphatic rings. The van der Waals surface area contributed by atoms with Crippen LogP contribution in [0.4, 0.5) is 11.4 Å². The lowest BCUT2D eigenvalue weighted by Crippen LogP contribution is -2.02. The van der Waals surface area contributed by atoms with Crippen LogP contribution in [0.25, 0.3) is 5.69 Å². The zero-order valence-corrected chi connectivity index (χ0v) is 9.59. The molecule has 9 nitrogen and oxygen atoms in total. The SMILES string of the molecule is NCc1ccn(-c2cc([N+](=O)[O-])cc([N+](=O)[O-])c2)n1. The van der Waals surface area contributed by atoms with Crippen molar-refractivity contribution in [2.75, 3.05) is 0 Å². The molecule has 0 amide bonds. The van der Waals surface area contributed by atoms with Gasteiger partial charge in [-0.05, 0) is 6.07 Å². The van der Waals surface area contributed by atoms with Crippen LogP contribution in [0.5, 0.6) is 0 Å². The normalized spacial score (nSPS) is 10.4. The van der Waals surface area contributed by atoms with Gasteiger partial charge in [0.2, 0.25) is 0 Å². The Hall–Kier alpha value is -2.81. The first-order valence-electron chi connectivity index (χ1n) is 5.20. The summed E-state index contributed by atoms with van der Waals surface area (Å²) in [4.78, 5) is 20.1. The van der Waals surface area contributed by atoms with Crippen molar-refractivity contribution in [3.63, 3.8) is 0 Å². The summed E-state index contributed by atoms with van der Waals surface area (Å²) >= 11 is 0. The molecule has 0 atom stereocenters. The van der Waals surface area contributed by atoms with Gasteiger partial charge in [0.15, 0.2) is 0 Å². The van der Waals surface area contributed by atoms with E-state index in [0.717, 1.165) is 6.07 Å². The number of nitro benzene ring substituents is 2. The van der Waals surface area contributed by atoms with Crippen LogP contribution in [0.3, 0.4) is 0 Å². The molecule has 0 radical (unpaired) electrons. The summed E-state index contributed by atoms with van der Waals surface area (Å²) in [5.74, 6) is 0. The van der Waals surface area contributed by atoms with E-state index in [2.05, 4.69) is 5.10 Å². The minimum atomic E-state index is -0.691. The van der Waals surface area contributed by atoms with Gasteiger partial charge in [0.25, 0.3) is 11.4 Å². The average molecular weight is 263 g/mol. The van der Waals surface area contributed by atoms with Crippen molar-refractivity contribution in [2.45, 2.75) is 6.54 Å². The van der Waals surface area contributed by atoms with E-state index in [1.54, 1.807) is 6.07 Å². The lowest BCUT2D eigenvalue weighted by atomic mass is 10.2. The molecule has 0 bridgehead atoms. The number of non-ortho nitro benzene ring substituents is 2. The van der Waals surface area contributed by atoms with Crippen molar-refractivity contribution in [1.82, 2.24) is 9.78 Å². The first-order valence-corrected chi connectivity index (χ1v) is 5.20. The maximum absolute atomic E-state index is 10.8. The minimum Gasteiger partial charge on any atom is -0.325 e. The fraction of sp³-hybridized carbons (Fsp3) is 0.100. The Morgan fingerprint density at radius 3 is 2.16 bits per heavy atom. The van der Waals surface area contributed by atoms with Crippen molar-refractivity contribution in [3.05, 3.63) is 56.4 Å². The van der Waals surface area contributed by atoms with Crippen molar-refractivity contribution in [1.29, 1.82) is 0 Å². The molecule has 0 aliphatic heterocycles. The summed E-state index contributed by atoms with van der Waals surface area (Å²) < 4.78 is 1.31. The average Bonchev–Trinajstić information content (AvgIpc) is 2.86. The van der Waals surface area contributed by atoms with E-state index in [0.29, 0.717) is 5.69 Å². The first-order chi connectivity index (χ1) is 9.01. The molecule has 0 saturated heterocycles. The highest BCUT2D eigenvalue weighted by atomic mass is 16.6. The predicted octanol–water partition coefficient (Wildman–Crippen LogP) is 1.15. The van der Waals surface area contributed by atoms with Crippen LogP contribution in [0, 0.1) is 20.2 Å². The molecule has 2 N–H and O–H groups in total. The van der Waals surface area contributed by atoms with Gasteiger partial charge in [-0.15, -0.1) is 0 Å². The Morgan fingerprint density at radius 2 is 1.74 bits per heavy atom. The molecule has 0 spiro atoms. The standard InChI is InChI=1S/C10H9N5O4/c11-6-7-1-2-13(12-7)8-3-9(14(16)17)5-10(4-8)15(18)19/h1-5H,6,11H2. The van der Waals surface area contributed by atoms with Crippen LogP contribution in [-0.2, 0) is 6.54 Å². The Bertz CT molecular complexity index is 619. The van der Waals surface area contributed by atoms with Gasteiger partial charge >= 0.3 is 0 Å². The van der Waals surface area contributed by atoms with Crippen LogP contribution < -0.4 is 5.73 Å². The molecular weight excluding hydrogens is 254 g/mol. The Morgan fingerprint density at radius 1 is 1.16 bits per heavy atom. The highest BCUT2D eigenvalue weighted by Gasteiger charge is 2.17. The highest BCUT2D eigenvalue weighted by Crippen LogP contribution is 2.24. The maximum Gasteiger partial charge on any atom is 0.278 e. The molecule has 1 heterocycles. The van der Waals surface area contributed by atoms with Crippen LogP contribution in [0.15, 0.2) is 30.5 Å². The lowest BCUT2D eigenvalue weighted by molar-refractivity contribution is -0.394. The van der Waals surface area contributed by atoms with Crippen molar-refractivity contribution in [2.24, 2.45) is 5.73 Å². The zero-order chi connectivity index (χ0) is 14.0. The van der Waals surface area contributed by atoms with Gasteiger partial charge in [-0.3, -0.25) is 20.2 Å². The molecular formula is C10H9N5O4. The van der Waals surface area contributed by atoms with E-state index < -0.39 is 9.85 Å². The van der Waals surface area contributed by atoms with E-state index in [9.17, 15) is 20.2 Å².